The van der Waals surface area contributed by atoms with E-state index in [-0.39, 0.29) is 5.04 Å². The number of nitrogens with zero attached hydrogens (tertiary/aromatic N) is 2. The first-order valence-electron chi connectivity index (χ1n) is 13.8. The minimum absolute atomic E-state index is 0.178. The van der Waals surface area contributed by atoms with Gasteiger partial charge >= 0.3 is 6.09 Å². The molecule has 8 nitrogen and oxygen atoms in total. The summed E-state index contributed by atoms with van der Waals surface area (Å²) in [6.45, 7) is 18.7. The van der Waals surface area contributed by atoms with Crippen molar-refractivity contribution in [2.75, 3.05) is 23.7 Å². The van der Waals surface area contributed by atoms with E-state index in [0.29, 0.717) is 19.7 Å². The van der Waals surface area contributed by atoms with Gasteiger partial charge in [-0.15, -0.1) is 0 Å². The second-order valence-electron chi connectivity index (χ2n) is 12.4. The number of anilines is 3. The molecule has 2 heterocycles. The third-order valence-electron chi connectivity index (χ3n) is 6.79. The molecule has 3 rings (SSSR count). The first kappa shape index (κ1) is 31.1. The zero-order valence-corrected chi connectivity index (χ0v) is 26.2. The SMILES string of the molecule is CC(C)(C)OC(=O)NCCCNc1ccc(-c2ccnc(Nc3cccc(CO[Si](C)(C)C(C)(C)C)c3)c2)cn1. The summed E-state index contributed by atoms with van der Waals surface area (Å²) in [4.78, 5) is 20.8. The van der Waals surface area contributed by atoms with Gasteiger partial charge in [0, 0.05) is 36.7 Å². The lowest BCUT2D eigenvalue weighted by molar-refractivity contribution is 0.0527. The Morgan fingerprint density at radius 2 is 1.68 bits per heavy atom. The summed E-state index contributed by atoms with van der Waals surface area (Å²) in [5, 5.41) is 9.65. The quantitative estimate of drug-likeness (QED) is 0.162. The zero-order valence-electron chi connectivity index (χ0n) is 25.2. The molecule has 0 aliphatic carbocycles. The average Bonchev–Trinajstić information content (AvgIpc) is 2.86. The van der Waals surface area contributed by atoms with Crippen LogP contribution in [-0.2, 0) is 15.8 Å². The van der Waals surface area contributed by atoms with Crippen molar-refractivity contribution in [1.82, 2.24) is 15.3 Å². The summed E-state index contributed by atoms with van der Waals surface area (Å²) in [5.41, 5.74) is 3.64. The normalized spacial score (nSPS) is 12.1. The van der Waals surface area contributed by atoms with Gasteiger partial charge in [-0.3, -0.25) is 0 Å². The molecule has 0 fully saturated rings. The van der Waals surface area contributed by atoms with Gasteiger partial charge in [-0.2, -0.15) is 0 Å². The van der Waals surface area contributed by atoms with E-state index < -0.39 is 20.0 Å². The number of hydrogen-bond acceptors (Lipinski definition) is 7. The van der Waals surface area contributed by atoms with Gasteiger partial charge in [-0.1, -0.05) is 32.9 Å². The van der Waals surface area contributed by atoms with Crippen molar-refractivity contribution < 1.29 is 14.0 Å². The number of amides is 1. The van der Waals surface area contributed by atoms with Crippen LogP contribution in [0.4, 0.5) is 22.1 Å². The van der Waals surface area contributed by atoms with Gasteiger partial charge in [-0.25, -0.2) is 14.8 Å². The largest absolute Gasteiger partial charge is 0.444 e. The first-order chi connectivity index (χ1) is 18.7. The van der Waals surface area contributed by atoms with Crippen LogP contribution in [-0.4, -0.2) is 43.1 Å². The fourth-order valence-electron chi connectivity index (χ4n) is 3.52. The van der Waals surface area contributed by atoms with Crippen molar-refractivity contribution in [2.24, 2.45) is 0 Å². The van der Waals surface area contributed by atoms with Gasteiger partial charge in [0.25, 0.3) is 0 Å². The highest BCUT2D eigenvalue weighted by Gasteiger charge is 2.37. The molecule has 0 atom stereocenters. The van der Waals surface area contributed by atoms with E-state index in [0.717, 1.165) is 40.4 Å². The Morgan fingerprint density at radius 1 is 0.900 bits per heavy atom. The van der Waals surface area contributed by atoms with Crippen molar-refractivity contribution in [1.29, 1.82) is 0 Å². The molecule has 216 valence electrons. The summed E-state index contributed by atoms with van der Waals surface area (Å²) < 4.78 is 11.6. The predicted molar refractivity (Wildman–Crippen MR) is 167 cm³/mol. The summed E-state index contributed by atoms with van der Waals surface area (Å²) in [7, 11) is -1.81. The van der Waals surface area contributed by atoms with Crippen molar-refractivity contribution in [3.8, 4) is 11.1 Å². The van der Waals surface area contributed by atoms with Crippen LogP contribution in [0.3, 0.4) is 0 Å². The first-order valence-corrected chi connectivity index (χ1v) is 16.8. The van der Waals surface area contributed by atoms with Gasteiger partial charge in [-0.05, 0) is 92.8 Å². The molecule has 1 aromatic carbocycles. The van der Waals surface area contributed by atoms with Crippen molar-refractivity contribution in [3.05, 3.63) is 66.5 Å². The second kappa shape index (κ2) is 13.3. The Bertz CT molecular complexity index is 1250. The van der Waals surface area contributed by atoms with Crippen LogP contribution in [0.5, 0.6) is 0 Å². The van der Waals surface area contributed by atoms with Crippen LogP contribution in [0.25, 0.3) is 11.1 Å². The number of carbonyl (C=O) groups excluding carboxylic acids is 1. The van der Waals surface area contributed by atoms with E-state index in [4.69, 9.17) is 9.16 Å². The molecule has 3 N–H and O–H groups in total. The van der Waals surface area contributed by atoms with Crippen LogP contribution in [0.1, 0.15) is 53.5 Å². The maximum atomic E-state index is 11.7. The molecule has 0 saturated heterocycles. The van der Waals surface area contributed by atoms with Gasteiger partial charge in [0.1, 0.15) is 17.2 Å². The Morgan fingerprint density at radius 3 is 2.35 bits per heavy atom. The lowest BCUT2D eigenvalue weighted by Crippen LogP contribution is -2.40. The highest BCUT2D eigenvalue weighted by Crippen LogP contribution is 2.37. The molecule has 0 aliphatic rings. The molecule has 40 heavy (non-hydrogen) atoms. The van der Waals surface area contributed by atoms with Crippen LogP contribution in [0.15, 0.2) is 60.9 Å². The Kier molecular flexibility index (Phi) is 10.3. The third kappa shape index (κ3) is 9.95. The number of benzene rings is 1. The lowest BCUT2D eigenvalue weighted by atomic mass is 10.1. The number of carbonyl (C=O) groups is 1. The Labute approximate surface area is 240 Å². The van der Waals surface area contributed by atoms with Crippen LogP contribution >= 0.6 is 0 Å². The number of pyridine rings is 2. The molecular weight excluding hydrogens is 518 g/mol. The fourth-order valence-corrected chi connectivity index (χ4v) is 4.48. The molecular formula is C31H45N5O3Si. The smallest absolute Gasteiger partial charge is 0.407 e. The summed E-state index contributed by atoms with van der Waals surface area (Å²) >= 11 is 0. The Balaban J connectivity index is 1.52. The monoisotopic (exact) mass is 563 g/mol. The zero-order chi connectivity index (χ0) is 29.4. The number of alkyl carbamates (subject to hydrolysis) is 1. The highest BCUT2D eigenvalue weighted by molar-refractivity contribution is 6.74. The van der Waals surface area contributed by atoms with E-state index in [1.165, 1.54) is 0 Å². The van der Waals surface area contributed by atoms with E-state index in [1.807, 2.05) is 63.4 Å². The molecule has 0 aliphatic heterocycles. The van der Waals surface area contributed by atoms with Gasteiger partial charge in [0.2, 0.25) is 0 Å². The fraction of sp³-hybridized carbons (Fsp3) is 0.452. The highest BCUT2D eigenvalue weighted by atomic mass is 28.4. The van der Waals surface area contributed by atoms with Crippen LogP contribution < -0.4 is 16.0 Å². The second-order valence-corrected chi connectivity index (χ2v) is 17.3. The molecule has 0 bridgehead atoms. The van der Waals surface area contributed by atoms with E-state index in [2.05, 4.69) is 71.9 Å². The summed E-state index contributed by atoms with van der Waals surface area (Å²) in [5.74, 6) is 1.55. The topological polar surface area (TPSA) is 97.4 Å². The summed E-state index contributed by atoms with van der Waals surface area (Å²) in [6, 6.07) is 16.3. The lowest BCUT2D eigenvalue weighted by Gasteiger charge is -2.36. The maximum Gasteiger partial charge on any atom is 0.407 e. The minimum atomic E-state index is -1.81. The molecule has 0 saturated carbocycles. The maximum absolute atomic E-state index is 11.7. The van der Waals surface area contributed by atoms with E-state index >= 15 is 0 Å². The summed E-state index contributed by atoms with van der Waals surface area (Å²) in [6.07, 6.45) is 4.00. The van der Waals surface area contributed by atoms with Gasteiger partial charge in [0.15, 0.2) is 8.32 Å². The van der Waals surface area contributed by atoms with E-state index in [1.54, 1.807) is 6.20 Å². The predicted octanol–water partition coefficient (Wildman–Crippen LogP) is 7.74. The average molecular weight is 564 g/mol. The number of aromatic nitrogens is 2. The third-order valence-corrected chi connectivity index (χ3v) is 11.3. The molecule has 9 heteroatoms. The molecule has 0 unspecified atom stereocenters. The number of rotatable bonds is 11. The number of nitrogens with one attached hydrogen (secondary N) is 3. The molecule has 1 amide bonds. The van der Waals surface area contributed by atoms with Crippen molar-refractivity contribution in [2.45, 2.75) is 78.3 Å². The van der Waals surface area contributed by atoms with Gasteiger partial charge < -0.3 is 25.1 Å². The van der Waals surface area contributed by atoms with Crippen molar-refractivity contribution in [3.63, 3.8) is 0 Å². The van der Waals surface area contributed by atoms with Crippen LogP contribution in [0, 0.1) is 0 Å². The van der Waals surface area contributed by atoms with Crippen LogP contribution in [0.2, 0.25) is 18.1 Å². The molecule has 0 radical (unpaired) electrons. The number of hydrogen-bond donors (Lipinski definition) is 3. The molecule has 0 spiro atoms. The van der Waals surface area contributed by atoms with Crippen molar-refractivity contribution >= 4 is 31.7 Å². The number of ether oxygens (including phenoxy) is 1. The molecule has 3 aromatic rings. The van der Waals surface area contributed by atoms with Gasteiger partial charge in [0.05, 0.1) is 6.61 Å². The van der Waals surface area contributed by atoms with E-state index in [9.17, 15) is 4.79 Å². The molecule has 2 aromatic heterocycles. The standard InChI is InChI=1S/C31H45N5O3Si/c1-30(2,3)39-29(37)34-17-10-16-32-27-14-13-25(21-35-27)24-15-18-33-28(20-24)36-26-12-9-11-23(19-26)22-38-40(7,8)31(4,5)6/h9,11-15,18-21H,10,16-17,22H2,1-8H3,(H,32,35)(H,33,36)(H,34,37). The minimum Gasteiger partial charge on any atom is -0.444 e. The Hall–Kier alpha value is -3.43.